The van der Waals surface area contributed by atoms with E-state index in [0.717, 1.165) is 0 Å². The highest BCUT2D eigenvalue weighted by Gasteiger charge is 2.33. The lowest BCUT2D eigenvalue weighted by atomic mass is 9.92. The van der Waals surface area contributed by atoms with E-state index in [-0.39, 0.29) is 37.0 Å². The van der Waals surface area contributed by atoms with E-state index >= 15 is 0 Å². The lowest BCUT2D eigenvalue weighted by Crippen LogP contribution is -2.52. The summed E-state index contributed by atoms with van der Waals surface area (Å²) in [6, 6.07) is 4.16. The summed E-state index contributed by atoms with van der Waals surface area (Å²) in [6.07, 6.45) is 0.0867. The molecule has 0 aromatic heterocycles. The SMILES string of the molecule is CC(C)(C)C(=O)OCCN[C@](C)(Cc1ccc(O)c(O)c1)C(=O)O. The van der Waals surface area contributed by atoms with E-state index in [1.807, 2.05) is 0 Å². The van der Waals surface area contributed by atoms with Crippen molar-refractivity contribution in [1.82, 2.24) is 5.32 Å². The number of hydrogen-bond donors (Lipinski definition) is 4. The largest absolute Gasteiger partial charge is 0.504 e. The van der Waals surface area contributed by atoms with Gasteiger partial charge in [-0.2, -0.15) is 0 Å². The Morgan fingerprint density at radius 1 is 1.12 bits per heavy atom. The van der Waals surface area contributed by atoms with Gasteiger partial charge in [0.25, 0.3) is 0 Å². The van der Waals surface area contributed by atoms with Gasteiger partial charge in [0.15, 0.2) is 11.5 Å². The fourth-order valence-electron chi connectivity index (χ4n) is 1.99. The van der Waals surface area contributed by atoms with Crippen LogP contribution in [0.5, 0.6) is 11.5 Å². The van der Waals surface area contributed by atoms with Gasteiger partial charge in [0.2, 0.25) is 0 Å². The molecule has 0 fully saturated rings. The second-order valence-electron chi connectivity index (χ2n) is 6.95. The molecule has 1 aromatic carbocycles. The Morgan fingerprint density at radius 3 is 2.25 bits per heavy atom. The maximum Gasteiger partial charge on any atom is 0.323 e. The smallest absolute Gasteiger partial charge is 0.323 e. The van der Waals surface area contributed by atoms with E-state index < -0.39 is 16.9 Å². The zero-order chi connectivity index (χ0) is 18.5. The first-order chi connectivity index (χ1) is 11.0. The first-order valence-corrected chi connectivity index (χ1v) is 7.62. The number of phenolic OH excluding ortho intramolecular Hbond substituents is 2. The third-order valence-electron chi connectivity index (χ3n) is 3.53. The molecule has 134 valence electrons. The molecular formula is C17H25NO6. The van der Waals surface area contributed by atoms with Crippen LogP contribution in [0.2, 0.25) is 0 Å². The second-order valence-corrected chi connectivity index (χ2v) is 6.95. The summed E-state index contributed by atoms with van der Waals surface area (Å²) in [4.78, 5) is 23.2. The number of carboxylic acids is 1. The van der Waals surface area contributed by atoms with Gasteiger partial charge < -0.3 is 20.1 Å². The predicted octanol–water partition coefficient (Wildman–Crippen LogP) is 1.66. The van der Waals surface area contributed by atoms with Crippen molar-refractivity contribution in [3.8, 4) is 11.5 Å². The molecule has 1 atom stereocenters. The summed E-state index contributed by atoms with van der Waals surface area (Å²) in [5, 5.41) is 31.2. The Hall–Kier alpha value is -2.28. The number of rotatable bonds is 7. The van der Waals surface area contributed by atoms with Crippen LogP contribution >= 0.6 is 0 Å². The van der Waals surface area contributed by atoms with Crippen molar-refractivity contribution in [1.29, 1.82) is 0 Å². The van der Waals surface area contributed by atoms with Crippen molar-refractivity contribution < 1.29 is 29.6 Å². The molecule has 4 N–H and O–H groups in total. The number of carboxylic acid groups (broad SMARTS) is 1. The van der Waals surface area contributed by atoms with Crippen LogP contribution in [0.1, 0.15) is 33.3 Å². The average molecular weight is 339 g/mol. The van der Waals surface area contributed by atoms with Crippen LogP contribution in [-0.4, -0.2) is 45.9 Å². The van der Waals surface area contributed by atoms with E-state index in [0.29, 0.717) is 5.56 Å². The number of aliphatic carboxylic acids is 1. The number of aromatic hydroxyl groups is 2. The number of carbonyl (C=O) groups is 2. The Morgan fingerprint density at radius 2 is 1.75 bits per heavy atom. The Labute approximate surface area is 141 Å². The van der Waals surface area contributed by atoms with Crippen LogP contribution in [0.3, 0.4) is 0 Å². The van der Waals surface area contributed by atoms with Gasteiger partial charge in [0, 0.05) is 13.0 Å². The number of benzene rings is 1. The van der Waals surface area contributed by atoms with Crippen molar-refractivity contribution in [2.75, 3.05) is 13.2 Å². The predicted molar refractivity (Wildman–Crippen MR) is 87.9 cm³/mol. The van der Waals surface area contributed by atoms with Crippen LogP contribution in [-0.2, 0) is 20.7 Å². The fraction of sp³-hybridized carbons (Fsp3) is 0.529. The molecule has 0 bridgehead atoms. The second kappa shape index (κ2) is 7.53. The van der Waals surface area contributed by atoms with Gasteiger partial charge in [0.05, 0.1) is 5.41 Å². The number of ether oxygens (including phenoxy) is 1. The molecule has 0 aliphatic heterocycles. The monoisotopic (exact) mass is 339 g/mol. The van der Waals surface area contributed by atoms with Crippen molar-refractivity contribution in [3.05, 3.63) is 23.8 Å². The molecule has 0 aliphatic carbocycles. The Kier molecular flexibility index (Phi) is 6.20. The third kappa shape index (κ3) is 5.42. The van der Waals surface area contributed by atoms with Crippen LogP contribution in [0.25, 0.3) is 0 Å². The molecule has 24 heavy (non-hydrogen) atoms. The molecular weight excluding hydrogens is 314 g/mol. The van der Waals surface area contributed by atoms with E-state index in [9.17, 15) is 24.9 Å². The van der Waals surface area contributed by atoms with Crippen molar-refractivity contribution in [3.63, 3.8) is 0 Å². The molecule has 7 nitrogen and oxygen atoms in total. The van der Waals surface area contributed by atoms with Crippen LogP contribution in [0.4, 0.5) is 0 Å². The van der Waals surface area contributed by atoms with E-state index in [1.165, 1.54) is 25.1 Å². The van der Waals surface area contributed by atoms with Gasteiger partial charge in [-0.05, 0) is 45.4 Å². The van der Waals surface area contributed by atoms with Crippen molar-refractivity contribution >= 4 is 11.9 Å². The molecule has 0 heterocycles. The van der Waals surface area contributed by atoms with E-state index in [2.05, 4.69) is 5.32 Å². The molecule has 0 saturated carbocycles. The van der Waals surface area contributed by atoms with Gasteiger partial charge in [-0.15, -0.1) is 0 Å². The lowest BCUT2D eigenvalue weighted by Gasteiger charge is -2.27. The van der Waals surface area contributed by atoms with Gasteiger partial charge >= 0.3 is 11.9 Å². The minimum absolute atomic E-state index is 0.0554. The number of esters is 1. The van der Waals surface area contributed by atoms with Gasteiger partial charge in [-0.3, -0.25) is 14.9 Å². The van der Waals surface area contributed by atoms with Crippen molar-refractivity contribution in [2.24, 2.45) is 5.41 Å². The normalized spacial score (nSPS) is 14.0. The lowest BCUT2D eigenvalue weighted by molar-refractivity contribution is -0.152. The van der Waals surface area contributed by atoms with Gasteiger partial charge in [0.1, 0.15) is 12.1 Å². The highest BCUT2D eigenvalue weighted by atomic mass is 16.5. The van der Waals surface area contributed by atoms with Crippen molar-refractivity contribution in [2.45, 2.75) is 39.7 Å². The first-order valence-electron chi connectivity index (χ1n) is 7.62. The quantitative estimate of drug-likeness (QED) is 0.339. The van der Waals surface area contributed by atoms with Gasteiger partial charge in [-0.1, -0.05) is 6.07 Å². The maximum atomic E-state index is 11.7. The molecule has 7 heteroatoms. The molecule has 0 radical (unpaired) electrons. The molecule has 0 saturated heterocycles. The Bertz CT molecular complexity index is 608. The molecule has 0 spiro atoms. The summed E-state index contributed by atoms with van der Waals surface area (Å²) in [5.41, 5.74) is -1.37. The molecule has 0 amide bonds. The molecule has 1 rings (SSSR count). The fourth-order valence-corrected chi connectivity index (χ4v) is 1.99. The average Bonchev–Trinajstić information content (AvgIpc) is 2.46. The number of carbonyl (C=O) groups excluding carboxylic acids is 1. The topological polar surface area (TPSA) is 116 Å². The minimum atomic E-state index is -1.31. The van der Waals surface area contributed by atoms with Crippen LogP contribution in [0, 0.1) is 5.41 Å². The summed E-state index contributed by atoms with van der Waals surface area (Å²) >= 11 is 0. The number of hydrogen-bond acceptors (Lipinski definition) is 6. The third-order valence-corrected chi connectivity index (χ3v) is 3.53. The standard InChI is InChI=1S/C17H25NO6/c1-16(2,3)15(23)24-8-7-18-17(4,14(21)22)10-11-5-6-12(19)13(20)9-11/h5-6,9,18-20H,7-8,10H2,1-4H3,(H,21,22)/t17-/m1/s1. The highest BCUT2D eigenvalue weighted by Crippen LogP contribution is 2.26. The number of phenols is 2. The van der Waals surface area contributed by atoms with Crippen LogP contribution < -0.4 is 5.32 Å². The summed E-state index contributed by atoms with van der Waals surface area (Å²) < 4.78 is 5.10. The first kappa shape index (κ1) is 19.8. The highest BCUT2D eigenvalue weighted by molar-refractivity contribution is 5.79. The Balaban J connectivity index is 2.66. The van der Waals surface area contributed by atoms with E-state index in [4.69, 9.17) is 4.74 Å². The molecule has 0 unspecified atom stereocenters. The van der Waals surface area contributed by atoms with E-state index in [1.54, 1.807) is 20.8 Å². The van der Waals surface area contributed by atoms with Crippen LogP contribution in [0.15, 0.2) is 18.2 Å². The summed E-state index contributed by atoms with van der Waals surface area (Å²) in [6.45, 7) is 6.95. The maximum absolute atomic E-state index is 11.7. The summed E-state index contributed by atoms with van der Waals surface area (Å²) in [5.74, 6) is -2.00. The zero-order valence-corrected chi connectivity index (χ0v) is 14.4. The minimum Gasteiger partial charge on any atom is -0.504 e. The zero-order valence-electron chi connectivity index (χ0n) is 14.4. The number of nitrogens with one attached hydrogen (secondary N) is 1. The summed E-state index contributed by atoms with van der Waals surface area (Å²) in [7, 11) is 0. The van der Waals surface area contributed by atoms with Gasteiger partial charge in [-0.25, -0.2) is 0 Å². The molecule has 1 aromatic rings. The molecule has 0 aliphatic rings.